The molecule has 186 valence electrons. The van der Waals surface area contributed by atoms with E-state index in [9.17, 15) is 4.79 Å². The van der Waals surface area contributed by atoms with Gasteiger partial charge in [0.05, 0.1) is 18.3 Å². The van der Waals surface area contributed by atoms with Crippen molar-refractivity contribution in [3.05, 3.63) is 53.9 Å². The number of pyridine rings is 2. The van der Waals surface area contributed by atoms with Gasteiger partial charge in [0.15, 0.2) is 5.82 Å². The molecule has 0 aliphatic carbocycles. The maximum absolute atomic E-state index is 12.8. The highest BCUT2D eigenvalue weighted by atomic mass is 16.5. The van der Waals surface area contributed by atoms with Crippen LogP contribution in [0.1, 0.15) is 18.2 Å². The smallest absolute Gasteiger partial charge is 0.244 e. The first-order chi connectivity index (χ1) is 17.3. The zero-order chi connectivity index (χ0) is 25.4. The van der Waals surface area contributed by atoms with Crippen molar-refractivity contribution in [3.8, 4) is 11.3 Å². The number of benzene rings is 1. The van der Waals surface area contributed by atoms with Crippen LogP contribution in [-0.4, -0.2) is 56.9 Å². The molecule has 0 unspecified atom stereocenters. The summed E-state index contributed by atoms with van der Waals surface area (Å²) >= 11 is 0. The van der Waals surface area contributed by atoms with Gasteiger partial charge in [0.2, 0.25) is 5.91 Å². The Kier molecular flexibility index (Phi) is 6.19. The molecule has 4 aromatic rings. The SMILES string of the molecule is COC[C@@H](C)N1CCc2cc(Nc3cc4cc(-c5cccc(N)c5C)nc(N)c4cn3)nn2CC1=O. The van der Waals surface area contributed by atoms with Gasteiger partial charge in [-0.1, -0.05) is 12.1 Å². The molecule has 0 saturated heterocycles. The molecular weight excluding hydrogens is 456 g/mol. The third-order valence-corrected chi connectivity index (χ3v) is 6.67. The molecule has 5 N–H and O–H groups in total. The van der Waals surface area contributed by atoms with Crippen LogP contribution < -0.4 is 16.8 Å². The lowest BCUT2D eigenvalue weighted by molar-refractivity contribution is -0.134. The first-order valence-electron chi connectivity index (χ1n) is 11.9. The third kappa shape index (κ3) is 4.42. The summed E-state index contributed by atoms with van der Waals surface area (Å²) in [5.74, 6) is 1.70. The number of hydrogen-bond acceptors (Lipinski definition) is 8. The van der Waals surface area contributed by atoms with Gasteiger partial charge in [0.25, 0.3) is 0 Å². The number of methoxy groups -OCH3 is 1. The molecule has 1 amide bonds. The average Bonchev–Trinajstić information content (AvgIpc) is 3.13. The minimum atomic E-state index is 0.0226. The summed E-state index contributed by atoms with van der Waals surface area (Å²) in [6, 6.07) is 11.6. The van der Waals surface area contributed by atoms with E-state index in [1.165, 1.54) is 0 Å². The highest BCUT2D eigenvalue weighted by Gasteiger charge is 2.25. The molecule has 0 saturated carbocycles. The van der Waals surface area contributed by atoms with Crippen LogP contribution in [-0.2, 0) is 22.5 Å². The van der Waals surface area contributed by atoms with E-state index >= 15 is 0 Å². The predicted octanol–water partition coefficient (Wildman–Crippen LogP) is 3.13. The van der Waals surface area contributed by atoms with E-state index in [1.54, 1.807) is 18.0 Å². The Morgan fingerprint density at radius 1 is 1.19 bits per heavy atom. The van der Waals surface area contributed by atoms with Gasteiger partial charge in [0, 0.05) is 54.7 Å². The van der Waals surface area contributed by atoms with Crippen LogP contribution in [0.3, 0.4) is 0 Å². The van der Waals surface area contributed by atoms with Crippen molar-refractivity contribution < 1.29 is 9.53 Å². The Balaban J connectivity index is 1.40. The van der Waals surface area contributed by atoms with Crippen LogP contribution in [0, 0.1) is 6.92 Å². The minimum absolute atomic E-state index is 0.0226. The summed E-state index contributed by atoms with van der Waals surface area (Å²) in [6.07, 6.45) is 2.42. The van der Waals surface area contributed by atoms with Gasteiger partial charge in [0.1, 0.15) is 18.2 Å². The number of nitrogens with one attached hydrogen (secondary N) is 1. The number of ether oxygens (including phenoxy) is 1. The quantitative estimate of drug-likeness (QED) is 0.354. The molecule has 10 nitrogen and oxygen atoms in total. The van der Waals surface area contributed by atoms with Crippen molar-refractivity contribution in [2.75, 3.05) is 37.0 Å². The zero-order valence-corrected chi connectivity index (χ0v) is 20.7. The number of carbonyl (C=O) groups is 1. The van der Waals surface area contributed by atoms with Crippen molar-refractivity contribution in [1.29, 1.82) is 0 Å². The van der Waals surface area contributed by atoms with E-state index < -0.39 is 0 Å². The molecule has 36 heavy (non-hydrogen) atoms. The third-order valence-electron chi connectivity index (χ3n) is 6.67. The van der Waals surface area contributed by atoms with Crippen molar-refractivity contribution in [2.24, 2.45) is 0 Å². The molecule has 1 aliphatic rings. The first kappa shape index (κ1) is 23.6. The number of aromatic nitrogens is 4. The van der Waals surface area contributed by atoms with Crippen LogP contribution in [0.2, 0.25) is 0 Å². The summed E-state index contributed by atoms with van der Waals surface area (Å²) in [5, 5.41) is 9.55. The molecular formula is C26H30N8O2. The van der Waals surface area contributed by atoms with Crippen LogP contribution >= 0.6 is 0 Å². The molecule has 1 atom stereocenters. The number of amides is 1. The maximum Gasteiger partial charge on any atom is 0.244 e. The van der Waals surface area contributed by atoms with Gasteiger partial charge in [-0.2, -0.15) is 5.10 Å². The van der Waals surface area contributed by atoms with Gasteiger partial charge in [-0.3, -0.25) is 9.48 Å². The predicted molar refractivity (Wildman–Crippen MR) is 141 cm³/mol. The highest BCUT2D eigenvalue weighted by molar-refractivity contribution is 5.95. The number of nitrogen functional groups attached to an aromatic ring is 2. The van der Waals surface area contributed by atoms with Crippen LogP contribution in [0.4, 0.5) is 23.1 Å². The van der Waals surface area contributed by atoms with E-state index in [0.717, 1.165) is 33.3 Å². The molecule has 0 bridgehead atoms. The Morgan fingerprint density at radius 2 is 2.03 bits per heavy atom. The fourth-order valence-corrected chi connectivity index (χ4v) is 4.67. The largest absolute Gasteiger partial charge is 0.398 e. The lowest BCUT2D eigenvalue weighted by Gasteiger charge is -2.27. The number of hydrogen-bond donors (Lipinski definition) is 3. The Labute approximate surface area is 209 Å². The second-order valence-corrected chi connectivity index (χ2v) is 9.15. The fraction of sp³-hybridized carbons (Fsp3) is 0.308. The number of nitrogens with two attached hydrogens (primary N) is 2. The summed E-state index contributed by atoms with van der Waals surface area (Å²) in [6.45, 7) is 5.29. The molecule has 3 aromatic heterocycles. The van der Waals surface area contributed by atoms with Crippen molar-refractivity contribution in [3.63, 3.8) is 0 Å². The normalized spacial score (nSPS) is 14.5. The van der Waals surface area contributed by atoms with Gasteiger partial charge in [-0.05, 0) is 43.0 Å². The molecule has 1 aliphatic heterocycles. The molecule has 5 rings (SSSR count). The average molecular weight is 487 g/mol. The van der Waals surface area contributed by atoms with Crippen molar-refractivity contribution in [2.45, 2.75) is 32.9 Å². The van der Waals surface area contributed by atoms with Crippen molar-refractivity contribution in [1.82, 2.24) is 24.6 Å². The molecule has 4 heterocycles. The summed E-state index contributed by atoms with van der Waals surface area (Å²) < 4.78 is 6.98. The van der Waals surface area contributed by atoms with Gasteiger partial charge in [-0.15, -0.1) is 0 Å². The van der Waals surface area contributed by atoms with E-state index in [4.69, 9.17) is 16.2 Å². The molecule has 0 spiro atoms. The number of carbonyl (C=O) groups excluding carboxylic acids is 1. The Morgan fingerprint density at radius 3 is 2.83 bits per heavy atom. The molecule has 0 fully saturated rings. The second-order valence-electron chi connectivity index (χ2n) is 9.15. The number of fused-ring (bicyclic) bond motifs is 2. The highest BCUT2D eigenvalue weighted by Crippen LogP contribution is 2.31. The number of anilines is 4. The first-order valence-corrected chi connectivity index (χ1v) is 11.9. The second kappa shape index (κ2) is 9.46. The number of rotatable bonds is 6. The van der Waals surface area contributed by atoms with E-state index in [-0.39, 0.29) is 18.5 Å². The fourth-order valence-electron chi connectivity index (χ4n) is 4.67. The summed E-state index contributed by atoms with van der Waals surface area (Å²) in [5.41, 5.74) is 16.7. The Bertz CT molecular complexity index is 1450. The standard InChI is InChI=1S/C26H30N8O2/c1-15(14-36-3)33-8-7-18-11-24(32-34(18)13-25(33)35)31-23-10-17-9-22(30-26(28)20(17)12-29-23)19-5-4-6-21(27)16(19)2/h4-6,9-12,15H,7-8,13-14,27H2,1-3H3,(H2,28,30)(H,29,31,32)/t15-/m1/s1. The van der Waals surface area contributed by atoms with Gasteiger partial charge < -0.3 is 26.4 Å². The molecule has 0 radical (unpaired) electrons. The van der Waals surface area contributed by atoms with E-state index in [2.05, 4.69) is 20.4 Å². The molecule has 1 aromatic carbocycles. The van der Waals surface area contributed by atoms with Gasteiger partial charge in [-0.25, -0.2) is 9.97 Å². The lowest BCUT2D eigenvalue weighted by atomic mass is 10.0. The summed E-state index contributed by atoms with van der Waals surface area (Å²) in [7, 11) is 1.65. The zero-order valence-electron chi connectivity index (χ0n) is 20.7. The van der Waals surface area contributed by atoms with E-state index in [1.807, 2.05) is 55.1 Å². The van der Waals surface area contributed by atoms with E-state index in [0.29, 0.717) is 42.7 Å². The lowest BCUT2D eigenvalue weighted by Crippen LogP contribution is -2.42. The minimum Gasteiger partial charge on any atom is -0.398 e. The van der Waals surface area contributed by atoms with Gasteiger partial charge >= 0.3 is 0 Å². The monoisotopic (exact) mass is 486 g/mol. The van der Waals surface area contributed by atoms with Crippen molar-refractivity contribution >= 4 is 39.8 Å². The van der Waals surface area contributed by atoms with Crippen LogP contribution in [0.25, 0.3) is 22.0 Å². The maximum atomic E-state index is 12.8. The van der Waals surface area contributed by atoms with Crippen LogP contribution in [0.5, 0.6) is 0 Å². The topological polar surface area (TPSA) is 137 Å². The number of nitrogens with zero attached hydrogens (tertiary/aromatic N) is 5. The Hall–Kier alpha value is -4.18. The van der Waals surface area contributed by atoms with Crippen LogP contribution in [0.15, 0.2) is 42.6 Å². The molecule has 10 heteroatoms. The summed E-state index contributed by atoms with van der Waals surface area (Å²) in [4.78, 5) is 23.7.